The number of pyridine rings is 1. The highest BCUT2D eigenvalue weighted by atomic mass is 35.5. The van der Waals surface area contributed by atoms with Gasteiger partial charge in [-0.2, -0.15) is 5.26 Å². The van der Waals surface area contributed by atoms with Gasteiger partial charge >= 0.3 is 5.97 Å². The molecule has 0 radical (unpaired) electrons. The average molecular weight is 345 g/mol. The summed E-state index contributed by atoms with van der Waals surface area (Å²) in [5, 5.41) is 13.0. The highest BCUT2D eigenvalue weighted by molar-refractivity contribution is 6.31. The van der Waals surface area contributed by atoms with E-state index in [0.29, 0.717) is 23.1 Å². The molecule has 1 aromatic heterocycles. The predicted molar refractivity (Wildman–Crippen MR) is 92.8 cm³/mol. The Labute approximate surface area is 145 Å². The van der Waals surface area contributed by atoms with Crippen molar-refractivity contribution < 1.29 is 9.53 Å². The summed E-state index contributed by atoms with van der Waals surface area (Å²) in [4.78, 5) is 16.3. The second-order valence-electron chi connectivity index (χ2n) is 4.99. The molecule has 0 saturated carbocycles. The van der Waals surface area contributed by atoms with Crippen LogP contribution in [-0.2, 0) is 11.3 Å². The number of nitrogens with one attached hydrogen (secondary N) is 1. The Bertz CT molecular complexity index is 815. The Hall–Kier alpha value is -2.78. The summed E-state index contributed by atoms with van der Waals surface area (Å²) in [7, 11) is 0. The van der Waals surface area contributed by atoms with Gasteiger partial charge in [-0.3, -0.25) is 0 Å². The second kappa shape index (κ2) is 7.66. The van der Waals surface area contributed by atoms with Crippen LogP contribution >= 0.6 is 11.6 Å². The van der Waals surface area contributed by atoms with Crippen LogP contribution in [0, 0.1) is 18.3 Å². The van der Waals surface area contributed by atoms with Gasteiger partial charge in [0.2, 0.25) is 0 Å². The lowest BCUT2D eigenvalue weighted by Gasteiger charge is -2.14. The monoisotopic (exact) mass is 344 g/mol. The minimum atomic E-state index is -0.589. The van der Waals surface area contributed by atoms with Gasteiger partial charge in [0.05, 0.1) is 18.0 Å². The molecule has 3 N–H and O–H groups in total. The lowest BCUT2D eigenvalue weighted by atomic mass is 10.1. The molecule has 0 aliphatic rings. The van der Waals surface area contributed by atoms with Crippen molar-refractivity contribution >= 4 is 29.1 Å². The summed E-state index contributed by atoms with van der Waals surface area (Å²) in [5.41, 5.74) is 7.54. The molecule has 124 valence electrons. The SMILES string of the molecule is CCOC(=O)c1c(C)nc(NCc2ccccc2Cl)c(C#N)c1N. The largest absolute Gasteiger partial charge is 0.462 e. The first-order valence-corrected chi connectivity index (χ1v) is 7.71. The molecule has 0 aliphatic heterocycles. The quantitative estimate of drug-likeness (QED) is 0.807. The standard InChI is InChI=1S/C17H17ClN4O2/c1-3-24-17(23)14-10(2)22-16(12(8-19)15(14)20)21-9-11-6-4-5-7-13(11)18/h4-7H,3,9H2,1-2H3,(H3,20,21,22). The van der Waals surface area contributed by atoms with E-state index in [1.807, 2.05) is 24.3 Å². The van der Waals surface area contributed by atoms with Gasteiger partial charge in [-0.05, 0) is 25.5 Å². The molecule has 0 fully saturated rings. The third kappa shape index (κ3) is 3.58. The number of benzene rings is 1. The van der Waals surface area contributed by atoms with Crippen LogP contribution < -0.4 is 11.1 Å². The van der Waals surface area contributed by atoms with Gasteiger partial charge in [0.15, 0.2) is 0 Å². The summed E-state index contributed by atoms with van der Waals surface area (Å²) in [6, 6.07) is 9.33. The number of nitrogens with two attached hydrogens (primary N) is 1. The average Bonchev–Trinajstić information content (AvgIpc) is 2.54. The van der Waals surface area contributed by atoms with Crippen LogP contribution in [0.25, 0.3) is 0 Å². The molecule has 0 atom stereocenters. The molecule has 24 heavy (non-hydrogen) atoms. The Morgan fingerprint density at radius 1 is 1.46 bits per heavy atom. The molecule has 0 unspecified atom stereocenters. The van der Waals surface area contributed by atoms with E-state index < -0.39 is 5.97 Å². The maximum Gasteiger partial charge on any atom is 0.342 e. The van der Waals surface area contributed by atoms with E-state index in [1.54, 1.807) is 19.9 Å². The summed E-state index contributed by atoms with van der Waals surface area (Å²) in [6.45, 7) is 3.93. The number of halogens is 1. The maximum absolute atomic E-state index is 12.0. The van der Waals surface area contributed by atoms with Crippen LogP contribution in [0.3, 0.4) is 0 Å². The minimum Gasteiger partial charge on any atom is -0.462 e. The van der Waals surface area contributed by atoms with Crippen LogP contribution in [0.4, 0.5) is 11.5 Å². The number of ether oxygens (including phenoxy) is 1. The molecule has 1 aromatic carbocycles. The number of hydrogen-bond acceptors (Lipinski definition) is 6. The fourth-order valence-electron chi connectivity index (χ4n) is 2.25. The van der Waals surface area contributed by atoms with Gasteiger partial charge in [0.1, 0.15) is 23.0 Å². The zero-order valence-corrected chi connectivity index (χ0v) is 14.1. The smallest absolute Gasteiger partial charge is 0.342 e. The summed E-state index contributed by atoms with van der Waals surface area (Å²) >= 11 is 6.12. The van der Waals surface area contributed by atoms with Crippen molar-refractivity contribution in [2.24, 2.45) is 0 Å². The van der Waals surface area contributed by atoms with Crippen molar-refractivity contribution in [3.05, 3.63) is 51.7 Å². The van der Waals surface area contributed by atoms with E-state index in [2.05, 4.69) is 10.3 Å². The van der Waals surface area contributed by atoms with Crippen molar-refractivity contribution in [1.29, 1.82) is 5.26 Å². The third-order valence-corrected chi connectivity index (χ3v) is 3.78. The third-order valence-electron chi connectivity index (χ3n) is 3.41. The molecule has 6 nitrogen and oxygen atoms in total. The van der Waals surface area contributed by atoms with Crippen LogP contribution in [-0.4, -0.2) is 17.6 Å². The van der Waals surface area contributed by atoms with Gasteiger partial charge in [-0.15, -0.1) is 0 Å². The topological polar surface area (TPSA) is 101 Å². The lowest BCUT2D eigenvalue weighted by molar-refractivity contribution is 0.0526. The number of rotatable bonds is 5. The fraction of sp³-hybridized carbons (Fsp3) is 0.235. The Kier molecular flexibility index (Phi) is 5.61. The molecular formula is C17H17ClN4O2. The number of aromatic nitrogens is 1. The first-order chi connectivity index (χ1) is 11.5. The molecule has 0 amide bonds. The second-order valence-corrected chi connectivity index (χ2v) is 5.39. The molecule has 2 aromatic rings. The summed E-state index contributed by atoms with van der Waals surface area (Å²) in [5.74, 6) is -0.283. The molecule has 7 heteroatoms. The Balaban J connectivity index is 2.36. The van der Waals surface area contributed by atoms with E-state index in [9.17, 15) is 10.1 Å². The van der Waals surface area contributed by atoms with Gasteiger partial charge < -0.3 is 15.8 Å². The molecule has 0 aliphatic carbocycles. The Morgan fingerprint density at radius 3 is 2.79 bits per heavy atom. The number of anilines is 2. The van der Waals surface area contributed by atoms with E-state index in [4.69, 9.17) is 22.1 Å². The van der Waals surface area contributed by atoms with E-state index in [0.717, 1.165) is 5.56 Å². The van der Waals surface area contributed by atoms with E-state index >= 15 is 0 Å². The van der Waals surface area contributed by atoms with Crippen LogP contribution in [0.5, 0.6) is 0 Å². The normalized spacial score (nSPS) is 10.1. The van der Waals surface area contributed by atoms with Crippen molar-refractivity contribution in [3.63, 3.8) is 0 Å². The van der Waals surface area contributed by atoms with Crippen molar-refractivity contribution in [3.8, 4) is 6.07 Å². The number of carbonyl (C=O) groups is 1. The zero-order valence-electron chi connectivity index (χ0n) is 13.4. The fourth-order valence-corrected chi connectivity index (χ4v) is 2.45. The molecule has 1 heterocycles. The summed E-state index contributed by atoms with van der Waals surface area (Å²) < 4.78 is 4.97. The van der Waals surface area contributed by atoms with E-state index in [1.165, 1.54) is 0 Å². The van der Waals surface area contributed by atoms with Gasteiger partial charge in [-0.25, -0.2) is 9.78 Å². The molecule has 2 rings (SSSR count). The predicted octanol–water partition coefficient (Wildman–Crippen LogP) is 3.29. The van der Waals surface area contributed by atoms with Crippen molar-refractivity contribution in [1.82, 2.24) is 4.98 Å². The van der Waals surface area contributed by atoms with E-state index in [-0.39, 0.29) is 23.4 Å². The summed E-state index contributed by atoms with van der Waals surface area (Å²) in [6.07, 6.45) is 0. The van der Waals surface area contributed by atoms with Crippen molar-refractivity contribution in [2.75, 3.05) is 17.7 Å². The number of hydrogen-bond donors (Lipinski definition) is 2. The first-order valence-electron chi connectivity index (χ1n) is 7.34. The molecule has 0 saturated heterocycles. The number of nitriles is 1. The first kappa shape index (κ1) is 17.6. The highest BCUT2D eigenvalue weighted by Crippen LogP contribution is 2.27. The van der Waals surface area contributed by atoms with Crippen LogP contribution in [0.1, 0.15) is 34.1 Å². The number of aryl methyl sites for hydroxylation is 1. The van der Waals surface area contributed by atoms with Gasteiger partial charge in [-0.1, -0.05) is 29.8 Å². The highest BCUT2D eigenvalue weighted by Gasteiger charge is 2.21. The Morgan fingerprint density at radius 2 is 2.17 bits per heavy atom. The molecule has 0 spiro atoms. The van der Waals surface area contributed by atoms with Gasteiger partial charge in [0.25, 0.3) is 0 Å². The number of carbonyl (C=O) groups excluding carboxylic acids is 1. The molecular weight excluding hydrogens is 328 g/mol. The van der Waals surface area contributed by atoms with Crippen LogP contribution in [0.2, 0.25) is 5.02 Å². The minimum absolute atomic E-state index is 0.0603. The van der Waals surface area contributed by atoms with Crippen molar-refractivity contribution in [2.45, 2.75) is 20.4 Å². The van der Waals surface area contributed by atoms with Gasteiger partial charge in [0, 0.05) is 11.6 Å². The number of nitrogen functional groups attached to an aromatic ring is 1. The number of esters is 1. The molecule has 0 bridgehead atoms. The number of nitrogens with zero attached hydrogens (tertiary/aromatic N) is 2. The zero-order chi connectivity index (χ0) is 17.7. The van der Waals surface area contributed by atoms with Crippen LogP contribution in [0.15, 0.2) is 24.3 Å². The maximum atomic E-state index is 12.0. The lowest BCUT2D eigenvalue weighted by Crippen LogP contribution is -2.15.